The summed E-state index contributed by atoms with van der Waals surface area (Å²) < 4.78 is 5.47. The molecule has 0 spiro atoms. The molecule has 0 aliphatic rings. The molecule has 1 heterocycles. The summed E-state index contributed by atoms with van der Waals surface area (Å²) in [5, 5.41) is 9.53. The topological polar surface area (TPSA) is 50.4 Å². The first-order valence-electron chi connectivity index (χ1n) is 6.05. The van der Waals surface area contributed by atoms with Gasteiger partial charge in [-0.1, -0.05) is 18.2 Å². The third-order valence-corrected chi connectivity index (χ3v) is 3.16. The molecule has 5 heteroatoms. The normalized spacial score (nSPS) is 9.89. The Hall–Kier alpha value is -2.01. The molecule has 1 aromatic heterocycles. The molecule has 2 rings (SSSR count). The van der Waals surface area contributed by atoms with Crippen LogP contribution in [-0.4, -0.2) is 19.2 Å². The summed E-state index contributed by atoms with van der Waals surface area (Å²) in [6.45, 7) is 1.48. The fraction of sp³-hybridized carbons (Fsp3) is 0.214. The van der Waals surface area contributed by atoms with E-state index in [9.17, 15) is 4.79 Å². The second-order valence-corrected chi connectivity index (χ2v) is 4.68. The predicted octanol–water partition coefficient (Wildman–Crippen LogP) is 2.63. The summed E-state index contributed by atoms with van der Waals surface area (Å²) in [5.41, 5.74) is 1.11. The van der Waals surface area contributed by atoms with Crippen LogP contribution in [0.2, 0.25) is 0 Å². The summed E-state index contributed by atoms with van der Waals surface area (Å²) in [6.07, 6.45) is 0. The van der Waals surface area contributed by atoms with Gasteiger partial charge in [-0.2, -0.15) is 11.3 Å². The number of rotatable bonds is 6. The fourth-order valence-corrected chi connectivity index (χ4v) is 2.16. The number of hydrogen-bond donors (Lipinski definition) is 2. The number of amides is 2. The second-order valence-electron chi connectivity index (χ2n) is 3.90. The second kappa shape index (κ2) is 7.43. The van der Waals surface area contributed by atoms with Gasteiger partial charge in [0.15, 0.2) is 0 Å². The third kappa shape index (κ3) is 5.01. The van der Waals surface area contributed by atoms with Gasteiger partial charge < -0.3 is 15.4 Å². The molecule has 2 aromatic rings. The molecule has 0 fully saturated rings. The number of thiophene rings is 1. The minimum Gasteiger partial charge on any atom is -0.492 e. The molecule has 2 N–H and O–H groups in total. The number of ether oxygens (including phenoxy) is 1. The van der Waals surface area contributed by atoms with Gasteiger partial charge in [-0.3, -0.25) is 0 Å². The van der Waals surface area contributed by atoms with Crippen molar-refractivity contribution in [3.63, 3.8) is 0 Å². The Balaban J connectivity index is 1.57. The van der Waals surface area contributed by atoms with Crippen LogP contribution in [0, 0.1) is 0 Å². The molecular formula is C14H16N2O2S. The van der Waals surface area contributed by atoms with Gasteiger partial charge in [0.2, 0.25) is 0 Å². The van der Waals surface area contributed by atoms with Crippen LogP contribution < -0.4 is 15.4 Å². The van der Waals surface area contributed by atoms with Gasteiger partial charge in [0, 0.05) is 6.54 Å². The van der Waals surface area contributed by atoms with E-state index >= 15 is 0 Å². The van der Waals surface area contributed by atoms with Crippen molar-refractivity contribution in [3.05, 3.63) is 52.7 Å². The molecule has 4 nitrogen and oxygen atoms in total. The van der Waals surface area contributed by atoms with Crippen LogP contribution in [-0.2, 0) is 6.54 Å². The van der Waals surface area contributed by atoms with Crippen molar-refractivity contribution < 1.29 is 9.53 Å². The van der Waals surface area contributed by atoms with E-state index in [1.807, 2.05) is 47.2 Å². The van der Waals surface area contributed by atoms with E-state index in [1.54, 1.807) is 11.3 Å². The lowest BCUT2D eigenvalue weighted by Crippen LogP contribution is -2.37. The average molecular weight is 276 g/mol. The van der Waals surface area contributed by atoms with Gasteiger partial charge in [0.1, 0.15) is 12.4 Å². The summed E-state index contributed by atoms with van der Waals surface area (Å²) >= 11 is 1.62. The van der Waals surface area contributed by atoms with Crippen LogP contribution in [0.3, 0.4) is 0 Å². The highest BCUT2D eigenvalue weighted by Gasteiger charge is 2.00. The van der Waals surface area contributed by atoms with Crippen molar-refractivity contribution in [1.29, 1.82) is 0 Å². The number of carbonyl (C=O) groups excluding carboxylic acids is 1. The molecule has 1 aromatic carbocycles. The maximum absolute atomic E-state index is 11.5. The van der Waals surface area contributed by atoms with E-state index in [1.165, 1.54) is 0 Å². The Morgan fingerprint density at radius 1 is 1.16 bits per heavy atom. The first-order chi connectivity index (χ1) is 9.34. The monoisotopic (exact) mass is 276 g/mol. The smallest absolute Gasteiger partial charge is 0.315 e. The number of hydrogen-bond acceptors (Lipinski definition) is 3. The van der Waals surface area contributed by atoms with Crippen LogP contribution >= 0.6 is 11.3 Å². The highest BCUT2D eigenvalue weighted by molar-refractivity contribution is 7.07. The average Bonchev–Trinajstić information content (AvgIpc) is 2.96. The van der Waals surface area contributed by atoms with Crippen molar-refractivity contribution >= 4 is 17.4 Å². The van der Waals surface area contributed by atoms with Gasteiger partial charge >= 0.3 is 6.03 Å². The number of carbonyl (C=O) groups is 1. The largest absolute Gasteiger partial charge is 0.492 e. The lowest BCUT2D eigenvalue weighted by atomic mass is 10.3. The third-order valence-electron chi connectivity index (χ3n) is 2.43. The molecule has 0 unspecified atom stereocenters. The zero-order valence-corrected chi connectivity index (χ0v) is 11.3. The molecule has 2 amide bonds. The molecule has 0 saturated heterocycles. The molecule has 0 atom stereocenters. The highest BCUT2D eigenvalue weighted by Crippen LogP contribution is 2.07. The molecule has 0 aliphatic heterocycles. The van der Waals surface area contributed by atoms with Crippen molar-refractivity contribution in [2.45, 2.75) is 6.54 Å². The first-order valence-corrected chi connectivity index (χ1v) is 6.99. The van der Waals surface area contributed by atoms with Gasteiger partial charge in [-0.25, -0.2) is 4.79 Å². The Morgan fingerprint density at radius 3 is 2.74 bits per heavy atom. The molecular weight excluding hydrogens is 260 g/mol. The maximum atomic E-state index is 11.5. The zero-order valence-electron chi connectivity index (χ0n) is 10.5. The van der Waals surface area contributed by atoms with Crippen molar-refractivity contribution in [3.8, 4) is 5.75 Å². The van der Waals surface area contributed by atoms with E-state index in [4.69, 9.17) is 4.74 Å². The zero-order chi connectivity index (χ0) is 13.3. The van der Waals surface area contributed by atoms with E-state index in [-0.39, 0.29) is 6.03 Å². The van der Waals surface area contributed by atoms with Crippen LogP contribution in [0.1, 0.15) is 5.56 Å². The quantitative estimate of drug-likeness (QED) is 0.797. The minimum absolute atomic E-state index is 0.178. The lowest BCUT2D eigenvalue weighted by molar-refractivity contribution is 0.236. The predicted molar refractivity (Wildman–Crippen MR) is 76.5 cm³/mol. The molecule has 0 aliphatic carbocycles. The molecule has 0 radical (unpaired) electrons. The van der Waals surface area contributed by atoms with E-state index in [0.29, 0.717) is 19.7 Å². The van der Waals surface area contributed by atoms with Crippen LogP contribution in [0.25, 0.3) is 0 Å². The SMILES string of the molecule is O=C(NCCOc1ccccc1)NCc1ccsc1. The molecule has 19 heavy (non-hydrogen) atoms. The maximum Gasteiger partial charge on any atom is 0.315 e. The van der Waals surface area contributed by atoms with Crippen molar-refractivity contribution in [1.82, 2.24) is 10.6 Å². The first kappa shape index (κ1) is 13.4. The summed E-state index contributed by atoms with van der Waals surface area (Å²) in [7, 11) is 0. The molecule has 0 bridgehead atoms. The van der Waals surface area contributed by atoms with E-state index in [0.717, 1.165) is 11.3 Å². The summed E-state index contributed by atoms with van der Waals surface area (Å²) in [4.78, 5) is 11.5. The Labute approximate surface area is 116 Å². The van der Waals surface area contributed by atoms with Gasteiger partial charge in [-0.05, 0) is 34.5 Å². The van der Waals surface area contributed by atoms with Crippen LogP contribution in [0.5, 0.6) is 5.75 Å². The molecule has 100 valence electrons. The number of benzene rings is 1. The Morgan fingerprint density at radius 2 is 2.00 bits per heavy atom. The number of urea groups is 1. The Bertz CT molecular complexity index is 485. The Kier molecular flexibility index (Phi) is 5.25. The number of nitrogens with one attached hydrogen (secondary N) is 2. The van der Waals surface area contributed by atoms with Gasteiger partial charge in [0.25, 0.3) is 0 Å². The molecule has 0 saturated carbocycles. The highest BCUT2D eigenvalue weighted by atomic mass is 32.1. The van der Waals surface area contributed by atoms with Gasteiger partial charge in [0.05, 0.1) is 6.54 Å². The lowest BCUT2D eigenvalue weighted by Gasteiger charge is -2.08. The summed E-state index contributed by atoms with van der Waals surface area (Å²) in [5.74, 6) is 0.808. The van der Waals surface area contributed by atoms with Crippen LogP contribution in [0.15, 0.2) is 47.2 Å². The van der Waals surface area contributed by atoms with E-state index < -0.39 is 0 Å². The number of para-hydroxylation sites is 1. The van der Waals surface area contributed by atoms with Gasteiger partial charge in [-0.15, -0.1) is 0 Å². The standard InChI is InChI=1S/C14H16N2O2S/c17-14(16-10-12-6-9-19-11-12)15-7-8-18-13-4-2-1-3-5-13/h1-6,9,11H,7-8,10H2,(H2,15,16,17). The summed E-state index contributed by atoms with van der Waals surface area (Å²) in [6, 6.07) is 11.3. The van der Waals surface area contributed by atoms with Crippen molar-refractivity contribution in [2.75, 3.05) is 13.2 Å². The van der Waals surface area contributed by atoms with E-state index in [2.05, 4.69) is 10.6 Å². The fourth-order valence-electron chi connectivity index (χ4n) is 1.49. The van der Waals surface area contributed by atoms with Crippen LogP contribution in [0.4, 0.5) is 4.79 Å². The van der Waals surface area contributed by atoms with Crippen molar-refractivity contribution in [2.24, 2.45) is 0 Å². The minimum atomic E-state index is -0.178.